The summed E-state index contributed by atoms with van der Waals surface area (Å²) in [4.78, 5) is 4.23. The predicted molar refractivity (Wildman–Crippen MR) is 62.8 cm³/mol. The molecule has 1 aromatic carbocycles. The molecule has 4 nitrogen and oxygen atoms in total. The molecule has 0 bridgehead atoms. The van der Waals surface area contributed by atoms with Gasteiger partial charge >= 0.3 is 0 Å². The minimum Gasteiger partial charge on any atom is -0.330 e. The maximum atomic E-state index is 5.43. The van der Waals surface area contributed by atoms with Crippen LogP contribution < -0.4 is 5.73 Å². The van der Waals surface area contributed by atoms with Crippen LogP contribution in [-0.2, 0) is 6.42 Å². The molecular weight excluding hydrogens is 200 g/mol. The summed E-state index contributed by atoms with van der Waals surface area (Å²) < 4.78 is 0. The Morgan fingerprint density at radius 1 is 1.19 bits per heavy atom. The Bertz CT molecular complexity index is 465. The monoisotopic (exact) mass is 214 g/mol. The Morgan fingerprint density at radius 3 is 2.62 bits per heavy atom. The number of hydrogen-bond acceptors (Lipinski definition) is 4. The second-order valence-electron chi connectivity index (χ2n) is 3.61. The Balaban J connectivity index is 2.31. The van der Waals surface area contributed by atoms with Gasteiger partial charge in [0.25, 0.3) is 0 Å². The molecule has 0 saturated heterocycles. The van der Waals surface area contributed by atoms with Gasteiger partial charge < -0.3 is 5.73 Å². The van der Waals surface area contributed by atoms with E-state index in [-0.39, 0.29) is 0 Å². The van der Waals surface area contributed by atoms with Gasteiger partial charge in [-0.1, -0.05) is 24.3 Å². The molecular formula is C12H14N4. The van der Waals surface area contributed by atoms with Crippen LogP contribution in [0.4, 0.5) is 0 Å². The Labute approximate surface area is 94.6 Å². The lowest BCUT2D eigenvalue weighted by Gasteiger charge is -2.03. The van der Waals surface area contributed by atoms with Gasteiger partial charge in [0.15, 0.2) is 5.82 Å². The van der Waals surface area contributed by atoms with Crippen LogP contribution in [-0.4, -0.2) is 21.7 Å². The molecule has 4 heteroatoms. The van der Waals surface area contributed by atoms with Crippen LogP contribution in [0.2, 0.25) is 0 Å². The van der Waals surface area contributed by atoms with E-state index in [1.165, 1.54) is 5.56 Å². The fraction of sp³-hybridized carbons (Fsp3) is 0.250. The highest BCUT2D eigenvalue weighted by Gasteiger charge is 2.04. The highest BCUT2D eigenvalue weighted by Crippen LogP contribution is 2.19. The largest absolute Gasteiger partial charge is 0.330 e. The Kier molecular flexibility index (Phi) is 3.22. The first-order valence-corrected chi connectivity index (χ1v) is 5.26. The number of nitrogens with two attached hydrogens (primary N) is 1. The zero-order valence-corrected chi connectivity index (χ0v) is 9.22. The first-order chi connectivity index (χ1) is 7.81. The SMILES string of the molecule is Cc1ccccc1-c1cnc(CCN)nn1. The maximum absolute atomic E-state index is 5.43. The number of aryl methyl sites for hydroxylation is 1. The van der Waals surface area contributed by atoms with E-state index in [1.807, 2.05) is 31.2 Å². The van der Waals surface area contributed by atoms with Crippen molar-refractivity contribution in [1.29, 1.82) is 0 Å². The lowest BCUT2D eigenvalue weighted by atomic mass is 10.1. The van der Waals surface area contributed by atoms with Crippen molar-refractivity contribution < 1.29 is 0 Å². The van der Waals surface area contributed by atoms with Crippen molar-refractivity contribution in [3.63, 3.8) is 0 Å². The van der Waals surface area contributed by atoms with Crippen molar-refractivity contribution in [3.8, 4) is 11.3 Å². The average Bonchev–Trinajstić information content (AvgIpc) is 2.31. The van der Waals surface area contributed by atoms with Crippen molar-refractivity contribution in [1.82, 2.24) is 15.2 Å². The minimum absolute atomic E-state index is 0.547. The van der Waals surface area contributed by atoms with E-state index in [0.29, 0.717) is 18.8 Å². The van der Waals surface area contributed by atoms with Crippen molar-refractivity contribution in [2.75, 3.05) is 6.54 Å². The van der Waals surface area contributed by atoms with E-state index >= 15 is 0 Å². The fourth-order valence-corrected chi connectivity index (χ4v) is 1.53. The highest BCUT2D eigenvalue weighted by atomic mass is 15.2. The fourth-order valence-electron chi connectivity index (χ4n) is 1.53. The van der Waals surface area contributed by atoms with Crippen LogP contribution in [0.3, 0.4) is 0 Å². The second kappa shape index (κ2) is 4.81. The molecule has 0 amide bonds. The molecule has 1 heterocycles. The van der Waals surface area contributed by atoms with Gasteiger partial charge in [0.1, 0.15) is 5.69 Å². The van der Waals surface area contributed by atoms with Crippen LogP contribution in [0.15, 0.2) is 30.5 Å². The van der Waals surface area contributed by atoms with Gasteiger partial charge in [-0.3, -0.25) is 0 Å². The standard InChI is InChI=1S/C12H14N4/c1-9-4-2-3-5-10(9)11-8-14-12(6-7-13)16-15-11/h2-5,8H,6-7,13H2,1H3. The smallest absolute Gasteiger partial charge is 0.152 e. The van der Waals surface area contributed by atoms with E-state index in [2.05, 4.69) is 15.2 Å². The molecule has 2 aromatic rings. The van der Waals surface area contributed by atoms with Gasteiger partial charge in [-0.25, -0.2) is 4.98 Å². The first kappa shape index (κ1) is 10.7. The third-order valence-electron chi connectivity index (χ3n) is 2.40. The third-order valence-corrected chi connectivity index (χ3v) is 2.40. The van der Waals surface area contributed by atoms with Crippen molar-refractivity contribution >= 4 is 0 Å². The highest BCUT2D eigenvalue weighted by molar-refractivity contribution is 5.61. The van der Waals surface area contributed by atoms with Crippen LogP contribution in [0, 0.1) is 6.92 Å². The van der Waals surface area contributed by atoms with Gasteiger partial charge in [-0.2, -0.15) is 0 Å². The van der Waals surface area contributed by atoms with Crippen molar-refractivity contribution in [2.24, 2.45) is 5.73 Å². The van der Waals surface area contributed by atoms with E-state index in [9.17, 15) is 0 Å². The Morgan fingerprint density at radius 2 is 2.00 bits per heavy atom. The quantitative estimate of drug-likeness (QED) is 0.837. The summed E-state index contributed by atoms with van der Waals surface area (Å²) in [5, 5.41) is 8.21. The van der Waals surface area contributed by atoms with Crippen LogP contribution in [0.25, 0.3) is 11.3 Å². The molecule has 0 radical (unpaired) electrons. The summed E-state index contributed by atoms with van der Waals surface area (Å²) >= 11 is 0. The summed E-state index contributed by atoms with van der Waals surface area (Å²) in [5.74, 6) is 0.694. The third kappa shape index (κ3) is 2.23. The summed E-state index contributed by atoms with van der Waals surface area (Å²) in [5.41, 5.74) is 8.47. The number of hydrogen-bond donors (Lipinski definition) is 1. The summed E-state index contributed by atoms with van der Waals surface area (Å²) in [6.07, 6.45) is 2.42. The Hall–Kier alpha value is -1.81. The number of aromatic nitrogens is 3. The van der Waals surface area contributed by atoms with Gasteiger partial charge in [0.05, 0.1) is 6.20 Å². The first-order valence-electron chi connectivity index (χ1n) is 5.26. The van der Waals surface area contributed by atoms with E-state index in [0.717, 1.165) is 11.3 Å². The molecule has 0 saturated carbocycles. The minimum atomic E-state index is 0.547. The number of benzene rings is 1. The summed E-state index contributed by atoms with van der Waals surface area (Å²) in [6.45, 7) is 2.59. The van der Waals surface area contributed by atoms with Crippen LogP contribution >= 0.6 is 0 Å². The van der Waals surface area contributed by atoms with Gasteiger partial charge in [0.2, 0.25) is 0 Å². The molecule has 82 valence electrons. The summed E-state index contributed by atoms with van der Waals surface area (Å²) in [6, 6.07) is 8.05. The van der Waals surface area contributed by atoms with Gasteiger partial charge in [0, 0.05) is 12.0 Å². The molecule has 0 aliphatic heterocycles. The molecule has 1 aromatic heterocycles. The molecule has 2 N–H and O–H groups in total. The van der Waals surface area contributed by atoms with Gasteiger partial charge in [-0.15, -0.1) is 10.2 Å². The zero-order valence-electron chi connectivity index (χ0n) is 9.22. The van der Waals surface area contributed by atoms with E-state index < -0.39 is 0 Å². The molecule has 0 spiro atoms. The average molecular weight is 214 g/mol. The topological polar surface area (TPSA) is 64.7 Å². The molecule has 0 fully saturated rings. The predicted octanol–water partition coefficient (Wildman–Crippen LogP) is 1.35. The lowest BCUT2D eigenvalue weighted by Crippen LogP contribution is -2.07. The molecule has 0 unspecified atom stereocenters. The molecule has 0 aliphatic carbocycles. The van der Waals surface area contributed by atoms with Crippen molar-refractivity contribution in [3.05, 3.63) is 41.9 Å². The second-order valence-corrected chi connectivity index (χ2v) is 3.61. The molecule has 2 rings (SSSR count). The van der Waals surface area contributed by atoms with Crippen molar-refractivity contribution in [2.45, 2.75) is 13.3 Å². The van der Waals surface area contributed by atoms with E-state index in [4.69, 9.17) is 5.73 Å². The lowest BCUT2D eigenvalue weighted by molar-refractivity contribution is 0.812. The number of nitrogens with zero attached hydrogens (tertiary/aromatic N) is 3. The van der Waals surface area contributed by atoms with Crippen LogP contribution in [0.1, 0.15) is 11.4 Å². The van der Waals surface area contributed by atoms with E-state index in [1.54, 1.807) is 6.20 Å². The zero-order chi connectivity index (χ0) is 11.4. The number of rotatable bonds is 3. The summed E-state index contributed by atoms with van der Waals surface area (Å²) in [7, 11) is 0. The maximum Gasteiger partial charge on any atom is 0.152 e. The van der Waals surface area contributed by atoms with Crippen LogP contribution in [0.5, 0.6) is 0 Å². The molecule has 0 aliphatic rings. The molecule has 16 heavy (non-hydrogen) atoms. The molecule has 0 atom stereocenters. The van der Waals surface area contributed by atoms with Gasteiger partial charge in [-0.05, 0) is 19.0 Å². The normalized spacial score (nSPS) is 10.4.